The van der Waals surface area contributed by atoms with Crippen molar-refractivity contribution >= 4 is 22.0 Å². The molecule has 1 amide bonds. The standard InChI is InChI=1S/C13H20BrN3O2/c1-13(2,3)19-12(18)16-10-5-4-6-11(10)17-8-9(14)7-15-17/h7-8,10-11H,4-6H2,1-3H3,(H,16,18)/t10-,11+/m1/s1. The van der Waals surface area contributed by atoms with Crippen molar-refractivity contribution < 1.29 is 9.53 Å². The van der Waals surface area contributed by atoms with Crippen molar-refractivity contribution in [1.29, 1.82) is 0 Å². The second kappa shape index (κ2) is 5.53. The van der Waals surface area contributed by atoms with Gasteiger partial charge in [0.1, 0.15) is 5.60 Å². The molecule has 1 N–H and O–H groups in total. The van der Waals surface area contributed by atoms with Crippen molar-refractivity contribution in [3.63, 3.8) is 0 Å². The van der Waals surface area contributed by atoms with Crippen molar-refractivity contribution in [2.24, 2.45) is 0 Å². The molecule has 0 aliphatic heterocycles. The van der Waals surface area contributed by atoms with Crippen LogP contribution in [0.3, 0.4) is 0 Å². The molecule has 2 rings (SSSR count). The van der Waals surface area contributed by atoms with Gasteiger partial charge in [-0.3, -0.25) is 4.68 Å². The minimum absolute atomic E-state index is 0.0849. The molecule has 2 atom stereocenters. The maximum absolute atomic E-state index is 11.8. The number of carbonyl (C=O) groups excluding carboxylic acids is 1. The van der Waals surface area contributed by atoms with Crippen LogP contribution in [0.4, 0.5) is 4.79 Å². The zero-order chi connectivity index (χ0) is 14.0. The van der Waals surface area contributed by atoms with Gasteiger partial charge < -0.3 is 10.1 Å². The molecular formula is C13H20BrN3O2. The van der Waals surface area contributed by atoms with Crippen LogP contribution in [-0.4, -0.2) is 27.5 Å². The van der Waals surface area contributed by atoms with E-state index < -0.39 is 5.60 Å². The van der Waals surface area contributed by atoms with Gasteiger partial charge in [-0.15, -0.1) is 0 Å². The first-order chi connectivity index (χ1) is 8.85. The number of rotatable bonds is 2. The Bertz CT molecular complexity index is 453. The molecule has 106 valence electrons. The van der Waals surface area contributed by atoms with Gasteiger partial charge in [-0.25, -0.2) is 4.79 Å². The number of halogens is 1. The van der Waals surface area contributed by atoms with E-state index in [1.165, 1.54) is 0 Å². The van der Waals surface area contributed by atoms with E-state index in [1.807, 2.05) is 31.6 Å². The number of aromatic nitrogens is 2. The quantitative estimate of drug-likeness (QED) is 0.905. The van der Waals surface area contributed by atoms with Crippen molar-refractivity contribution in [3.8, 4) is 0 Å². The number of carbonyl (C=O) groups is 1. The van der Waals surface area contributed by atoms with E-state index in [9.17, 15) is 4.79 Å². The summed E-state index contributed by atoms with van der Waals surface area (Å²) in [6.45, 7) is 5.59. The molecule has 0 aromatic carbocycles. The summed E-state index contributed by atoms with van der Waals surface area (Å²) >= 11 is 3.39. The monoisotopic (exact) mass is 329 g/mol. The Kier molecular flexibility index (Phi) is 4.18. The van der Waals surface area contributed by atoms with Gasteiger partial charge in [-0.1, -0.05) is 0 Å². The van der Waals surface area contributed by atoms with Gasteiger partial charge in [0.25, 0.3) is 0 Å². The van der Waals surface area contributed by atoms with Crippen LogP contribution in [0.25, 0.3) is 0 Å². The predicted molar refractivity (Wildman–Crippen MR) is 76.0 cm³/mol. The molecule has 0 saturated heterocycles. The van der Waals surface area contributed by atoms with Crippen LogP contribution in [0, 0.1) is 0 Å². The molecule has 6 heteroatoms. The number of nitrogens with one attached hydrogen (secondary N) is 1. The molecule has 5 nitrogen and oxygen atoms in total. The van der Waals surface area contributed by atoms with E-state index in [4.69, 9.17) is 4.74 Å². The average Bonchev–Trinajstić information content (AvgIpc) is 2.83. The van der Waals surface area contributed by atoms with Crippen LogP contribution in [0.1, 0.15) is 46.1 Å². The number of ether oxygens (including phenoxy) is 1. The molecule has 0 bridgehead atoms. The molecule has 1 aliphatic carbocycles. The van der Waals surface area contributed by atoms with Crippen LogP contribution in [-0.2, 0) is 4.74 Å². The Labute approximate surface area is 121 Å². The van der Waals surface area contributed by atoms with Crippen molar-refractivity contribution in [3.05, 3.63) is 16.9 Å². The first-order valence-corrected chi connectivity index (χ1v) is 7.33. The summed E-state index contributed by atoms with van der Waals surface area (Å²) in [4.78, 5) is 11.8. The summed E-state index contributed by atoms with van der Waals surface area (Å²) in [6.07, 6.45) is 6.43. The number of amides is 1. The maximum atomic E-state index is 11.8. The van der Waals surface area contributed by atoms with E-state index in [0.29, 0.717) is 0 Å². The molecule has 1 aromatic heterocycles. The number of nitrogens with zero attached hydrogens (tertiary/aromatic N) is 2. The zero-order valence-corrected chi connectivity index (χ0v) is 13.1. The lowest BCUT2D eigenvalue weighted by Gasteiger charge is -2.24. The average molecular weight is 330 g/mol. The minimum Gasteiger partial charge on any atom is -0.444 e. The third-order valence-corrected chi connectivity index (χ3v) is 3.50. The maximum Gasteiger partial charge on any atom is 0.407 e. The van der Waals surface area contributed by atoms with E-state index in [0.717, 1.165) is 23.7 Å². The van der Waals surface area contributed by atoms with Crippen molar-refractivity contribution in [1.82, 2.24) is 15.1 Å². The zero-order valence-electron chi connectivity index (χ0n) is 11.5. The molecule has 1 aliphatic rings. The third kappa shape index (κ3) is 3.96. The van der Waals surface area contributed by atoms with Gasteiger partial charge in [0, 0.05) is 6.20 Å². The lowest BCUT2D eigenvalue weighted by atomic mass is 10.2. The van der Waals surface area contributed by atoms with Crippen molar-refractivity contribution in [2.45, 2.75) is 57.7 Å². The first kappa shape index (κ1) is 14.4. The second-order valence-corrected chi connectivity index (χ2v) is 6.81. The van der Waals surface area contributed by atoms with E-state index in [-0.39, 0.29) is 18.2 Å². The highest BCUT2D eigenvalue weighted by molar-refractivity contribution is 9.10. The molecule has 1 fully saturated rings. The number of alkyl carbamates (subject to hydrolysis) is 1. The fourth-order valence-electron chi connectivity index (χ4n) is 2.38. The highest BCUT2D eigenvalue weighted by atomic mass is 79.9. The fourth-order valence-corrected chi connectivity index (χ4v) is 2.68. The van der Waals surface area contributed by atoms with Gasteiger partial charge in [-0.2, -0.15) is 5.10 Å². The first-order valence-electron chi connectivity index (χ1n) is 6.54. The fraction of sp³-hybridized carbons (Fsp3) is 0.692. The predicted octanol–water partition coefficient (Wildman–Crippen LogP) is 3.26. The largest absolute Gasteiger partial charge is 0.444 e. The van der Waals surface area contributed by atoms with E-state index in [2.05, 4.69) is 26.3 Å². The van der Waals surface area contributed by atoms with E-state index in [1.54, 1.807) is 6.20 Å². The van der Waals surface area contributed by atoms with E-state index >= 15 is 0 Å². The highest BCUT2D eigenvalue weighted by Gasteiger charge is 2.31. The summed E-state index contributed by atoms with van der Waals surface area (Å²) in [5.41, 5.74) is -0.465. The molecule has 1 heterocycles. The highest BCUT2D eigenvalue weighted by Crippen LogP contribution is 2.30. The SMILES string of the molecule is CC(C)(C)OC(=O)N[C@@H]1CCC[C@@H]1n1cc(Br)cn1. The van der Waals surface area contributed by atoms with Gasteiger partial charge in [-0.05, 0) is 56.0 Å². The van der Waals surface area contributed by atoms with Gasteiger partial charge in [0.05, 0.1) is 22.8 Å². The van der Waals surface area contributed by atoms with Crippen molar-refractivity contribution in [2.75, 3.05) is 0 Å². The van der Waals surface area contributed by atoms with Gasteiger partial charge in [0.2, 0.25) is 0 Å². The number of hydrogen-bond donors (Lipinski definition) is 1. The molecule has 0 radical (unpaired) electrons. The normalized spacial score (nSPS) is 23.4. The van der Waals surface area contributed by atoms with Crippen LogP contribution in [0.15, 0.2) is 16.9 Å². The molecule has 1 aromatic rings. The molecular weight excluding hydrogens is 310 g/mol. The second-order valence-electron chi connectivity index (χ2n) is 5.89. The Morgan fingerprint density at radius 3 is 2.84 bits per heavy atom. The smallest absolute Gasteiger partial charge is 0.407 e. The summed E-state index contributed by atoms with van der Waals surface area (Å²) in [5.74, 6) is 0. The van der Waals surface area contributed by atoms with Gasteiger partial charge in [0.15, 0.2) is 0 Å². The summed E-state index contributed by atoms with van der Waals surface area (Å²) in [6, 6.07) is 0.292. The number of hydrogen-bond acceptors (Lipinski definition) is 3. The molecule has 1 saturated carbocycles. The lowest BCUT2D eigenvalue weighted by Crippen LogP contribution is -2.41. The van der Waals surface area contributed by atoms with Gasteiger partial charge >= 0.3 is 6.09 Å². The Morgan fingerprint density at radius 2 is 2.26 bits per heavy atom. The summed E-state index contributed by atoms with van der Waals surface area (Å²) < 4.78 is 8.17. The summed E-state index contributed by atoms with van der Waals surface area (Å²) in [7, 11) is 0. The summed E-state index contributed by atoms with van der Waals surface area (Å²) in [5, 5.41) is 7.26. The van der Waals surface area contributed by atoms with Crippen LogP contribution >= 0.6 is 15.9 Å². The Morgan fingerprint density at radius 1 is 1.53 bits per heavy atom. The van der Waals surface area contributed by atoms with Crippen LogP contribution in [0.5, 0.6) is 0 Å². The topological polar surface area (TPSA) is 56.1 Å². The third-order valence-electron chi connectivity index (χ3n) is 3.09. The Balaban J connectivity index is 1.98. The molecule has 0 spiro atoms. The van der Waals surface area contributed by atoms with Crippen LogP contribution in [0.2, 0.25) is 0 Å². The van der Waals surface area contributed by atoms with Crippen LogP contribution < -0.4 is 5.32 Å². The lowest BCUT2D eigenvalue weighted by molar-refractivity contribution is 0.0493. The minimum atomic E-state index is -0.465. The molecule has 0 unspecified atom stereocenters. The Hall–Kier alpha value is -1.04. The molecule has 19 heavy (non-hydrogen) atoms.